The van der Waals surface area contributed by atoms with Crippen LogP contribution < -0.4 is 5.43 Å². The number of aromatic nitrogens is 2. The quantitative estimate of drug-likeness (QED) is 0.182. The van der Waals surface area contributed by atoms with Crippen LogP contribution in [0.5, 0.6) is 0 Å². The largest absolute Gasteiger partial charge is 0.443 e. The van der Waals surface area contributed by atoms with Gasteiger partial charge in [-0.05, 0) is 75.2 Å². The summed E-state index contributed by atoms with van der Waals surface area (Å²) in [6, 6.07) is 12.3. The number of rotatable bonds is 4. The second-order valence-electron chi connectivity index (χ2n) is 8.67. The normalized spacial score (nSPS) is 12.7. The zero-order chi connectivity index (χ0) is 23.0. The topological polar surface area (TPSA) is 82.3 Å². The second kappa shape index (κ2) is 8.75. The van der Waals surface area contributed by atoms with Crippen LogP contribution in [-0.4, -0.2) is 27.4 Å². The Kier molecular flexibility index (Phi) is 6.18. The predicted octanol–water partition coefficient (Wildman–Crippen LogP) is 7.21. The second-order valence-corrected chi connectivity index (χ2v) is 10.5. The van der Waals surface area contributed by atoms with Crippen molar-refractivity contribution in [1.29, 1.82) is 0 Å². The molecular weight excluding hydrogens is 536 g/mol. The lowest BCUT2D eigenvalue weighted by Gasteiger charge is -2.20. The zero-order valence-electron chi connectivity index (χ0n) is 18.2. The van der Waals surface area contributed by atoms with E-state index in [9.17, 15) is 4.79 Å². The lowest BCUT2D eigenvalue weighted by atomic mass is 9.87. The van der Waals surface area contributed by atoms with Crippen LogP contribution in [0.15, 0.2) is 62.8 Å². The molecule has 2 aromatic carbocycles. The summed E-state index contributed by atoms with van der Waals surface area (Å²) in [5.74, 6) is -0.198. The number of carbonyl (C=O) groups is 1. The summed E-state index contributed by atoms with van der Waals surface area (Å²) in [5, 5.41) is 6.59. The maximum absolute atomic E-state index is 12.2. The number of amides is 1. The smallest absolute Gasteiger partial charge is 0.428 e. The zero-order valence-corrected chi connectivity index (χ0v) is 21.4. The van der Waals surface area contributed by atoms with Gasteiger partial charge in [-0.1, -0.05) is 31.9 Å². The predicted molar refractivity (Wildman–Crippen MR) is 136 cm³/mol. The molecule has 8 heteroatoms. The summed E-state index contributed by atoms with van der Waals surface area (Å²) in [6.07, 6.45) is 3.43. The van der Waals surface area contributed by atoms with E-state index < -0.39 is 11.7 Å². The average molecular weight is 560 g/mol. The fourth-order valence-electron chi connectivity index (χ4n) is 3.82. The highest BCUT2D eigenvalue weighted by molar-refractivity contribution is 9.10. The van der Waals surface area contributed by atoms with Crippen molar-refractivity contribution in [3.63, 3.8) is 0 Å². The number of fused-ring (bicyclic) bond motifs is 2. The van der Waals surface area contributed by atoms with Crippen molar-refractivity contribution in [3.8, 4) is 0 Å². The first kappa shape index (κ1) is 22.6. The standard InChI is InChI=1S/C24H24Br2N4O2/c1-13(29-30-23(31)32-24(2,3)4)22(18-11-27-20-7-5-14(25)9-16(18)20)19-12-28-21-8-6-15(26)10-17(19)21/h5-12,22,27-28H,1-4H3,(H,30,31)/b29-13-. The maximum Gasteiger partial charge on any atom is 0.428 e. The molecule has 1 amide bonds. The van der Waals surface area contributed by atoms with Crippen molar-refractivity contribution in [2.75, 3.05) is 0 Å². The van der Waals surface area contributed by atoms with Crippen molar-refractivity contribution in [1.82, 2.24) is 15.4 Å². The van der Waals surface area contributed by atoms with Gasteiger partial charge in [0.2, 0.25) is 0 Å². The molecule has 3 N–H and O–H groups in total. The van der Waals surface area contributed by atoms with E-state index in [1.165, 1.54) is 0 Å². The van der Waals surface area contributed by atoms with E-state index in [0.717, 1.165) is 47.6 Å². The van der Waals surface area contributed by atoms with Crippen LogP contribution in [0.4, 0.5) is 4.79 Å². The van der Waals surface area contributed by atoms with Crippen LogP contribution in [-0.2, 0) is 4.74 Å². The van der Waals surface area contributed by atoms with Gasteiger partial charge in [0.1, 0.15) is 5.60 Å². The summed E-state index contributed by atoms with van der Waals surface area (Å²) in [4.78, 5) is 18.9. The van der Waals surface area contributed by atoms with Gasteiger partial charge >= 0.3 is 6.09 Å². The van der Waals surface area contributed by atoms with Gasteiger partial charge in [-0.2, -0.15) is 5.10 Å². The first-order valence-corrected chi connectivity index (χ1v) is 11.8. The minimum absolute atomic E-state index is 0.198. The highest BCUT2D eigenvalue weighted by atomic mass is 79.9. The molecule has 0 radical (unpaired) electrons. The molecule has 0 saturated carbocycles. The fraction of sp³-hybridized carbons (Fsp3) is 0.250. The molecule has 32 heavy (non-hydrogen) atoms. The highest BCUT2D eigenvalue weighted by Crippen LogP contribution is 2.37. The van der Waals surface area contributed by atoms with E-state index in [2.05, 4.69) is 64.5 Å². The minimum Gasteiger partial charge on any atom is -0.443 e. The maximum atomic E-state index is 12.2. The lowest BCUT2D eigenvalue weighted by Crippen LogP contribution is -2.30. The monoisotopic (exact) mass is 558 g/mol. The number of ether oxygens (including phenoxy) is 1. The summed E-state index contributed by atoms with van der Waals surface area (Å²) >= 11 is 7.17. The number of hydrogen-bond donors (Lipinski definition) is 3. The van der Waals surface area contributed by atoms with E-state index in [0.29, 0.717) is 0 Å². The lowest BCUT2D eigenvalue weighted by molar-refractivity contribution is 0.0529. The fourth-order valence-corrected chi connectivity index (χ4v) is 4.55. The molecule has 166 valence electrons. The van der Waals surface area contributed by atoms with Gasteiger partial charge in [-0.25, -0.2) is 10.2 Å². The molecule has 0 unspecified atom stereocenters. The molecule has 6 nitrogen and oxygen atoms in total. The summed E-state index contributed by atoms with van der Waals surface area (Å²) < 4.78 is 7.33. The third-order valence-corrected chi connectivity index (χ3v) is 6.10. The van der Waals surface area contributed by atoms with Crippen LogP contribution in [0.25, 0.3) is 21.8 Å². The van der Waals surface area contributed by atoms with Crippen molar-refractivity contribution in [3.05, 3.63) is 68.9 Å². The van der Waals surface area contributed by atoms with E-state index in [4.69, 9.17) is 4.74 Å². The Morgan fingerprint density at radius 1 is 0.969 bits per heavy atom. The van der Waals surface area contributed by atoms with Crippen molar-refractivity contribution in [2.24, 2.45) is 5.10 Å². The number of halogens is 2. The molecule has 0 aliphatic carbocycles. The van der Waals surface area contributed by atoms with Gasteiger partial charge in [0.25, 0.3) is 0 Å². The molecule has 0 saturated heterocycles. The Bertz CT molecular complexity index is 1250. The Morgan fingerprint density at radius 2 is 1.47 bits per heavy atom. The van der Waals surface area contributed by atoms with Crippen LogP contribution in [0, 0.1) is 0 Å². The Morgan fingerprint density at radius 3 is 1.94 bits per heavy atom. The summed E-state index contributed by atoms with van der Waals surface area (Å²) in [5.41, 5.74) is 6.87. The molecule has 4 aromatic rings. The third kappa shape index (κ3) is 4.76. The molecule has 2 heterocycles. The van der Waals surface area contributed by atoms with Gasteiger partial charge in [-0.15, -0.1) is 0 Å². The molecule has 0 spiro atoms. The first-order chi connectivity index (χ1) is 15.1. The summed E-state index contributed by atoms with van der Waals surface area (Å²) in [6.45, 7) is 7.37. The molecule has 0 atom stereocenters. The number of nitrogens with one attached hydrogen (secondary N) is 3. The number of aromatic amines is 2. The Balaban J connectivity index is 1.83. The van der Waals surface area contributed by atoms with Crippen molar-refractivity contribution in [2.45, 2.75) is 39.2 Å². The molecule has 2 aromatic heterocycles. The molecule has 4 rings (SSSR count). The van der Waals surface area contributed by atoms with Gasteiger partial charge in [-0.3, -0.25) is 0 Å². The van der Waals surface area contributed by atoms with E-state index in [1.807, 2.05) is 64.4 Å². The Hall–Kier alpha value is -2.58. The molecule has 0 fully saturated rings. The highest BCUT2D eigenvalue weighted by Gasteiger charge is 2.25. The van der Waals surface area contributed by atoms with Crippen LogP contribution in [0.1, 0.15) is 44.7 Å². The first-order valence-electron chi connectivity index (χ1n) is 10.2. The summed E-state index contributed by atoms with van der Waals surface area (Å²) in [7, 11) is 0. The van der Waals surface area contributed by atoms with Gasteiger partial charge in [0.05, 0.1) is 5.92 Å². The molecular formula is C24H24Br2N4O2. The number of H-pyrrole nitrogens is 2. The van der Waals surface area contributed by atoms with Crippen molar-refractivity contribution < 1.29 is 9.53 Å². The van der Waals surface area contributed by atoms with Crippen LogP contribution in [0.2, 0.25) is 0 Å². The van der Waals surface area contributed by atoms with Gasteiger partial charge in [0.15, 0.2) is 0 Å². The van der Waals surface area contributed by atoms with Gasteiger partial charge in [0, 0.05) is 48.9 Å². The third-order valence-electron chi connectivity index (χ3n) is 5.11. The molecule has 0 aliphatic rings. The number of carbonyl (C=O) groups excluding carboxylic acids is 1. The van der Waals surface area contributed by atoms with E-state index in [1.54, 1.807) is 0 Å². The van der Waals surface area contributed by atoms with E-state index in [-0.39, 0.29) is 5.92 Å². The SMILES string of the molecule is C/C(=N/NC(=O)OC(C)(C)C)C(c1c[nH]c2ccc(Br)cc12)c1c[nH]c2ccc(Br)cc12. The molecule has 0 bridgehead atoms. The van der Waals surface area contributed by atoms with Crippen LogP contribution >= 0.6 is 31.9 Å². The van der Waals surface area contributed by atoms with Crippen LogP contribution in [0.3, 0.4) is 0 Å². The number of benzene rings is 2. The molecule has 0 aliphatic heterocycles. The van der Waals surface area contributed by atoms with Crippen molar-refractivity contribution >= 4 is 65.5 Å². The van der Waals surface area contributed by atoms with E-state index >= 15 is 0 Å². The minimum atomic E-state index is -0.598. The Labute approximate surface area is 203 Å². The number of hydrogen-bond acceptors (Lipinski definition) is 3. The number of nitrogens with zero attached hydrogens (tertiary/aromatic N) is 1. The van der Waals surface area contributed by atoms with Gasteiger partial charge < -0.3 is 14.7 Å². The number of hydrazone groups is 1. The average Bonchev–Trinajstić information content (AvgIpc) is 3.30.